The first-order chi connectivity index (χ1) is 8.99. The van der Waals surface area contributed by atoms with Crippen LogP contribution in [0.3, 0.4) is 0 Å². The molecule has 0 aliphatic carbocycles. The van der Waals surface area contributed by atoms with Gasteiger partial charge >= 0.3 is 0 Å². The van der Waals surface area contributed by atoms with Gasteiger partial charge in [-0.2, -0.15) is 0 Å². The molecule has 1 aromatic carbocycles. The van der Waals surface area contributed by atoms with Gasteiger partial charge in [0.05, 0.1) is 11.0 Å². The van der Waals surface area contributed by atoms with Crippen molar-refractivity contribution < 1.29 is 4.79 Å². The van der Waals surface area contributed by atoms with E-state index < -0.39 is 0 Å². The molecule has 0 N–H and O–H groups in total. The van der Waals surface area contributed by atoms with Gasteiger partial charge < -0.3 is 9.47 Å². The van der Waals surface area contributed by atoms with Crippen molar-refractivity contribution in [3.8, 4) is 0 Å². The van der Waals surface area contributed by atoms with E-state index in [0.29, 0.717) is 0 Å². The quantitative estimate of drug-likeness (QED) is 0.774. The van der Waals surface area contributed by atoms with Crippen LogP contribution in [0.4, 0.5) is 0 Å². The molecule has 2 aromatic rings. The Balaban J connectivity index is 2.29. The Labute approximate surface area is 114 Å². The van der Waals surface area contributed by atoms with Gasteiger partial charge in [-0.1, -0.05) is 0 Å². The van der Waals surface area contributed by atoms with Gasteiger partial charge in [-0.05, 0) is 59.1 Å². The summed E-state index contributed by atoms with van der Waals surface area (Å²) in [4.78, 5) is 18.1. The first kappa shape index (κ1) is 13.7. The molecule has 0 bridgehead atoms. The Morgan fingerprint density at radius 2 is 2.11 bits per heavy atom. The van der Waals surface area contributed by atoms with E-state index in [0.717, 1.165) is 41.9 Å². The van der Waals surface area contributed by atoms with E-state index in [-0.39, 0.29) is 5.78 Å². The minimum atomic E-state index is 0.0849. The molecule has 0 radical (unpaired) electrons. The van der Waals surface area contributed by atoms with Gasteiger partial charge in [-0.15, -0.1) is 0 Å². The third kappa shape index (κ3) is 3.01. The van der Waals surface area contributed by atoms with Crippen molar-refractivity contribution in [2.75, 3.05) is 20.6 Å². The van der Waals surface area contributed by atoms with Crippen LogP contribution in [-0.4, -0.2) is 40.9 Å². The normalized spacial score (nSPS) is 11.4. The fourth-order valence-corrected chi connectivity index (χ4v) is 2.30. The molecule has 1 aromatic heterocycles. The number of ketones is 1. The molecule has 2 rings (SSSR count). The maximum Gasteiger partial charge on any atom is 0.159 e. The molecule has 4 heteroatoms. The van der Waals surface area contributed by atoms with Crippen LogP contribution in [0.2, 0.25) is 0 Å². The predicted molar refractivity (Wildman–Crippen MR) is 77.6 cm³/mol. The first-order valence-corrected chi connectivity index (χ1v) is 6.61. The highest BCUT2D eigenvalue weighted by molar-refractivity contribution is 5.97. The zero-order valence-corrected chi connectivity index (χ0v) is 12.1. The van der Waals surface area contributed by atoms with Crippen molar-refractivity contribution in [2.24, 2.45) is 0 Å². The molecule has 0 saturated carbocycles. The number of imidazole rings is 1. The molecule has 0 aliphatic rings. The van der Waals surface area contributed by atoms with Crippen molar-refractivity contribution in [1.82, 2.24) is 14.5 Å². The molecule has 0 unspecified atom stereocenters. The number of aromatic nitrogens is 2. The minimum Gasteiger partial charge on any atom is -0.328 e. The van der Waals surface area contributed by atoms with Gasteiger partial charge in [0.2, 0.25) is 0 Å². The molecule has 1 heterocycles. The second kappa shape index (κ2) is 5.53. The SMILES string of the molecule is CC(=O)c1ccc2c(c1)nc(C)n2CCCN(C)C. The van der Waals surface area contributed by atoms with E-state index in [2.05, 4.69) is 28.5 Å². The van der Waals surface area contributed by atoms with Gasteiger partial charge in [0.1, 0.15) is 5.82 Å². The highest BCUT2D eigenvalue weighted by Gasteiger charge is 2.09. The van der Waals surface area contributed by atoms with E-state index in [9.17, 15) is 4.79 Å². The lowest BCUT2D eigenvalue weighted by Gasteiger charge is -2.11. The van der Waals surface area contributed by atoms with Crippen molar-refractivity contribution in [3.05, 3.63) is 29.6 Å². The Morgan fingerprint density at radius 1 is 1.37 bits per heavy atom. The van der Waals surface area contributed by atoms with Crippen molar-refractivity contribution in [1.29, 1.82) is 0 Å². The van der Waals surface area contributed by atoms with Gasteiger partial charge in [-0.3, -0.25) is 4.79 Å². The smallest absolute Gasteiger partial charge is 0.159 e. The molecule has 0 spiro atoms. The predicted octanol–water partition coefficient (Wildman–Crippen LogP) is 2.50. The average Bonchev–Trinajstić information content (AvgIpc) is 2.64. The van der Waals surface area contributed by atoms with Crippen molar-refractivity contribution >= 4 is 16.8 Å². The molecule has 0 amide bonds. The van der Waals surface area contributed by atoms with Crippen molar-refractivity contribution in [2.45, 2.75) is 26.8 Å². The molecule has 102 valence electrons. The van der Waals surface area contributed by atoms with Gasteiger partial charge in [0.25, 0.3) is 0 Å². The summed E-state index contributed by atoms with van der Waals surface area (Å²) in [6.45, 7) is 5.62. The second-order valence-electron chi connectivity index (χ2n) is 5.23. The number of nitrogens with zero attached hydrogens (tertiary/aromatic N) is 3. The monoisotopic (exact) mass is 259 g/mol. The summed E-state index contributed by atoms with van der Waals surface area (Å²) in [6, 6.07) is 5.77. The van der Waals surface area contributed by atoms with E-state index in [1.54, 1.807) is 6.92 Å². The zero-order valence-electron chi connectivity index (χ0n) is 12.1. The first-order valence-electron chi connectivity index (χ1n) is 6.61. The largest absolute Gasteiger partial charge is 0.328 e. The number of hydrogen-bond donors (Lipinski definition) is 0. The maximum atomic E-state index is 11.4. The molecular formula is C15H21N3O. The number of benzene rings is 1. The van der Waals surface area contributed by atoms with E-state index in [1.807, 2.05) is 25.1 Å². The standard InChI is InChI=1S/C15H21N3O/c1-11(19)13-6-7-15-14(10-13)16-12(2)18(15)9-5-8-17(3)4/h6-7,10H,5,8-9H2,1-4H3. The van der Waals surface area contributed by atoms with Crippen molar-refractivity contribution in [3.63, 3.8) is 0 Å². The number of aryl methyl sites for hydroxylation is 2. The molecule has 0 aliphatic heterocycles. The Bertz CT molecular complexity index is 599. The molecule has 19 heavy (non-hydrogen) atoms. The van der Waals surface area contributed by atoms with Crippen LogP contribution in [0.5, 0.6) is 0 Å². The fraction of sp³-hybridized carbons (Fsp3) is 0.467. The van der Waals surface area contributed by atoms with Crippen LogP contribution in [-0.2, 0) is 6.54 Å². The topological polar surface area (TPSA) is 38.1 Å². The van der Waals surface area contributed by atoms with Gasteiger partial charge in [-0.25, -0.2) is 4.98 Å². The zero-order chi connectivity index (χ0) is 14.0. The van der Waals surface area contributed by atoms with E-state index in [4.69, 9.17) is 0 Å². The van der Waals surface area contributed by atoms with Crippen LogP contribution in [0.1, 0.15) is 29.5 Å². The lowest BCUT2D eigenvalue weighted by atomic mass is 10.1. The van der Waals surface area contributed by atoms with Gasteiger partial charge in [0, 0.05) is 12.1 Å². The van der Waals surface area contributed by atoms with Crippen LogP contribution >= 0.6 is 0 Å². The molecular weight excluding hydrogens is 238 g/mol. The van der Waals surface area contributed by atoms with E-state index >= 15 is 0 Å². The summed E-state index contributed by atoms with van der Waals surface area (Å²) >= 11 is 0. The summed E-state index contributed by atoms with van der Waals surface area (Å²) in [5, 5.41) is 0. The Hall–Kier alpha value is -1.68. The number of rotatable bonds is 5. The third-order valence-corrected chi connectivity index (χ3v) is 3.33. The van der Waals surface area contributed by atoms with Gasteiger partial charge in [0.15, 0.2) is 5.78 Å². The fourth-order valence-electron chi connectivity index (χ4n) is 2.30. The van der Waals surface area contributed by atoms with Crippen LogP contribution in [0.15, 0.2) is 18.2 Å². The summed E-state index contributed by atoms with van der Waals surface area (Å²) in [7, 11) is 4.16. The lowest BCUT2D eigenvalue weighted by molar-refractivity contribution is 0.101. The second-order valence-corrected chi connectivity index (χ2v) is 5.23. The molecule has 0 saturated heterocycles. The number of hydrogen-bond acceptors (Lipinski definition) is 3. The van der Waals surface area contributed by atoms with Crippen LogP contribution in [0, 0.1) is 6.92 Å². The summed E-state index contributed by atoms with van der Waals surface area (Å²) in [5.74, 6) is 1.09. The molecule has 0 fully saturated rings. The highest BCUT2D eigenvalue weighted by Crippen LogP contribution is 2.18. The van der Waals surface area contributed by atoms with E-state index in [1.165, 1.54) is 0 Å². The van der Waals surface area contributed by atoms with Crippen LogP contribution in [0.25, 0.3) is 11.0 Å². The summed E-state index contributed by atoms with van der Waals surface area (Å²) < 4.78 is 2.22. The summed E-state index contributed by atoms with van der Waals surface area (Å²) in [5.41, 5.74) is 2.75. The number of Topliss-reactive ketones (excluding diaryl/α,β-unsaturated/α-hetero) is 1. The number of carbonyl (C=O) groups is 1. The maximum absolute atomic E-state index is 11.4. The average molecular weight is 259 g/mol. The molecule has 4 nitrogen and oxygen atoms in total. The number of fused-ring (bicyclic) bond motifs is 1. The molecule has 0 atom stereocenters. The van der Waals surface area contributed by atoms with Crippen LogP contribution < -0.4 is 0 Å². The lowest BCUT2D eigenvalue weighted by Crippen LogP contribution is -2.15. The Morgan fingerprint density at radius 3 is 2.74 bits per heavy atom. The minimum absolute atomic E-state index is 0.0849. The highest BCUT2D eigenvalue weighted by atomic mass is 16.1. The summed E-state index contributed by atoms with van der Waals surface area (Å²) in [6.07, 6.45) is 1.09. The third-order valence-electron chi connectivity index (χ3n) is 3.33. The Kier molecular flexibility index (Phi) is 4.00. The number of carbonyl (C=O) groups excluding carboxylic acids is 1.